The molecule has 2 aromatic carbocycles. The van der Waals surface area contributed by atoms with Crippen molar-refractivity contribution in [2.75, 3.05) is 18.5 Å². The van der Waals surface area contributed by atoms with Gasteiger partial charge in [0.15, 0.2) is 23.1 Å². The highest BCUT2D eigenvalue weighted by Gasteiger charge is 2.15. The van der Waals surface area contributed by atoms with E-state index in [1.54, 1.807) is 24.3 Å². The second kappa shape index (κ2) is 5.29. The summed E-state index contributed by atoms with van der Waals surface area (Å²) in [4.78, 5) is 0. The molecule has 1 N–H and O–H groups in total. The van der Waals surface area contributed by atoms with Crippen LogP contribution in [-0.4, -0.2) is 13.2 Å². The highest BCUT2D eigenvalue weighted by atomic mass is 19.2. The van der Waals surface area contributed by atoms with Crippen LogP contribution in [-0.2, 0) is 0 Å². The predicted octanol–water partition coefficient (Wildman–Crippen LogP) is 3.35. The lowest BCUT2D eigenvalue weighted by atomic mass is 10.2. The summed E-state index contributed by atoms with van der Waals surface area (Å²) in [5, 5.41) is 11.4. The highest BCUT2D eigenvalue weighted by molar-refractivity contribution is 5.65. The fraction of sp³-hybridized carbons (Fsp3) is 0.133. The number of nitrogens with zero attached hydrogens (tertiary/aromatic N) is 1. The Morgan fingerprint density at radius 3 is 2.52 bits per heavy atom. The van der Waals surface area contributed by atoms with Crippen molar-refractivity contribution in [1.82, 2.24) is 0 Å². The third kappa shape index (κ3) is 2.46. The topological polar surface area (TPSA) is 54.3 Å². The van der Waals surface area contributed by atoms with Gasteiger partial charge in [-0.15, -0.1) is 0 Å². The summed E-state index contributed by atoms with van der Waals surface area (Å²) in [6.07, 6.45) is 0. The Morgan fingerprint density at radius 1 is 1.00 bits per heavy atom. The third-order valence-electron chi connectivity index (χ3n) is 3.02. The Kier molecular flexibility index (Phi) is 3.32. The lowest BCUT2D eigenvalue weighted by Gasteiger charge is -2.19. The summed E-state index contributed by atoms with van der Waals surface area (Å²) < 4.78 is 38.2. The van der Waals surface area contributed by atoms with E-state index in [0.29, 0.717) is 30.4 Å². The molecule has 0 unspecified atom stereocenters. The van der Waals surface area contributed by atoms with Gasteiger partial charge in [-0.3, -0.25) is 0 Å². The van der Waals surface area contributed by atoms with Gasteiger partial charge in [0.25, 0.3) is 0 Å². The van der Waals surface area contributed by atoms with Gasteiger partial charge in [-0.1, -0.05) is 0 Å². The molecule has 2 aromatic rings. The number of hydrogen-bond donors (Lipinski definition) is 1. The van der Waals surface area contributed by atoms with Crippen LogP contribution >= 0.6 is 0 Å². The number of rotatable bonds is 2. The fourth-order valence-electron chi connectivity index (χ4n) is 2.01. The standard InChI is InChI=1S/C15H10F2N2O2/c16-14-9(8-18)1-3-11(15(14)17)19-10-2-4-12-13(7-10)21-6-5-20-12/h1-4,7,19H,5-6H2. The van der Waals surface area contributed by atoms with Gasteiger partial charge in [0.1, 0.15) is 19.3 Å². The van der Waals surface area contributed by atoms with E-state index in [1.807, 2.05) is 0 Å². The molecule has 0 amide bonds. The molecule has 0 fully saturated rings. The first kappa shape index (κ1) is 13.2. The molecule has 0 radical (unpaired) electrons. The average Bonchev–Trinajstić information content (AvgIpc) is 2.52. The van der Waals surface area contributed by atoms with E-state index in [4.69, 9.17) is 14.7 Å². The van der Waals surface area contributed by atoms with Gasteiger partial charge in [-0.25, -0.2) is 8.78 Å². The van der Waals surface area contributed by atoms with Crippen molar-refractivity contribution in [1.29, 1.82) is 5.26 Å². The van der Waals surface area contributed by atoms with Crippen molar-refractivity contribution in [3.8, 4) is 17.6 Å². The van der Waals surface area contributed by atoms with Gasteiger partial charge < -0.3 is 14.8 Å². The zero-order valence-corrected chi connectivity index (χ0v) is 10.8. The SMILES string of the molecule is N#Cc1ccc(Nc2ccc3c(c2)OCCO3)c(F)c1F. The Hall–Kier alpha value is -2.81. The van der Waals surface area contributed by atoms with E-state index in [9.17, 15) is 8.78 Å². The predicted molar refractivity (Wildman–Crippen MR) is 71.8 cm³/mol. The number of benzene rings is 2. The van der Waals surface area contributed by atoms with E-state index in [-0.39, 0.29) is 11.3 Å². The zero-order chi connectivity index (χ0) is 14.8. The first-order chi connectivity index (χ1) is 10.2. The molecule has 21 heavy (non-hydrogen) atoms. The van der Waals surface area contributed by atoms with Crippen molar-refractivity contribution < 1.29 is 18.3 Å². The van der Waals surface area contributed by atoms with Crippen molar-refractivity contribution in [2.24, 2.45) is 0 Å². The summed E-state index contributed by atoms with van der Waals surface area (Å²) in [7, 11) is 0. The minimum absolute atomic E-state index is 0.0526. The van der Waals surface area contributed by atoms with Crippen LogP contribution in [0.25, 0.3) is 0 Å². The Labute approximate surface area is 119 Å². The minimum atomic E-state index is -1.17. The second-order valence-electron chi connectivity index (χ2n) is 4.38. The molecule has 0 aliphatic carbocycles. The Balaban J connectivity index is 1.91. The van der Waals surface area contributed by atoms with Crippen molar-refractivity contribution in [2.45, 2.75) is 0 Å². The second-order valence-corrected chi connectivity index (χ2v) is 4.38. The molecule has 0 saturated heterocycles. The monoisotopic (exact) mass is 288 g/mol. The summed E-state index contributed by atoms with van der Waals surface area (Å²) in [6.45, 7) is 0.922. The van der Waals surface area contributed by atoms with Crippen LogP contribution in [0.15, 0.2) is 30.3 Å². The van der Waals surface area contributed by atoms with Gasteiger partial charge in [-0.05, 0) is 24.3 Å². The molecule has 0 atom stereocenters. The van der Waals surface area contributed by atoms with Crippen LogP contribution in [0.5, 0.6) is 11.5 Å². The molecule has 0 spiro atoms. The molecular formula is C15H10F2N2O2. The fourth-order valence-corrected chi connectivity index (χ4v) is 2.01. The summed E-state index contributed by atoms with van der Waals surface area (Å²) >= 11 is 0. The van der Waals surface area contributed by atoms with Gasteiger partial charge in [0.2, 0.25) is 0 Å². The first-order valence-electron chi connectivity index (χ1n) is 6.24. The molecule has 1 heterocycles. The van der Waals surface area contributed by atoms with Gasteiger partial charge in [0.05, 0.1) is 11.3 Å². The van der Waals surface area contributed by atoms with E-state index in [2.05, 4.69) is 5.32 Å². The molecule has 1 aliphatic heterocycles. The molecule has 6 heteroatoms. The van der Waals surface area contributed by atoms with E-state index >= 15 is 0 Å². The van der Waals surface area contributed by atoms with E-state index in [1.165, 1.54) is 12.1 Å². The van der Waals surface area contributed by atoms with E-state index < -0.39 is 11.6 Å². The molecule has 0 saturated carbocycles. The van der Waals surface area contributed by atoms with Crippen LogP contribution in [0.2, 0.25) is 0 Å². The van der Waals surface area contributed by atoms with Crippen molar-refractivity contribution >= 4 is 11.4 Å². The maximum absolute atomic E-state index is 13.8. The molecular weight excluding hydrogens is 278 g/mol. The molecule has 3 rings (SSSR count). The molecule has 106 valence electrons. The van der Waals surface area contributed by atoms with Crippen molar-refractivity contribution in [3.05, 3.63) is 47.5 Å². The average molecular weight is 288 g/mol. The van der Waals surface area contributed by atoms with Crippen LogP contribution in [0.4, 0.5) is 20.2 Å². The number of halogens is 2. The van der Waals surface area contributed by atoms with Crippen LogP contribution < -0.4 is 14.8 Å². The highest BCUT2D eigenvalue weighted by Crippen LogP contribution is 2.34. The zero-order valence-electron chi connectivity index (χ0n) is 10.8. The Bertz CT molecular complexity index is 741. The summed E-state index contributed by atoms with van der Waals surface area (Å²) in [6, 6.07) is 9.12. The van der Waals surface area contributed by atoms with Crippen LogP contribution in [0, 0.1) is 23.0 Å². The molecule has 0 aromatic heterocycles. The normalized spacial score (nSPS) is 12.6. The smallest absolute Gasteiger partial charge is 0.183 e. The van der Waals surface area contributed by atoms with Crippen LogP contribution in [0.3, 0.4) is 0 Å². The first-order valence-corrected chi connectivity index (χ1v) is 6.24. The number of nitrogens with one attached hydrogen (secondary N) is 1. The molecule has 0 bridgehead atoms. The van der Waals surface area contributed by atoms with Gasteiger partial charge in [0, 0.05) is 11.8 Å². The largest absolute Gasteiger partial charge is 0.486 e. The van der Waals surface area contributed by atoms with Gasteiger partial charge >= 0.3 is 0 Å². The summed E-state index contributed by atoms with van der Waals surface area (Å²) in [5.41, 5.74) is 0.144. The summed E-state index contributed by atoms with van der Waals surface area (Å²) in [5.74, 6) is -1.11. The van der Waals surface area contributed by atoms with Gasteiger partial charge in [-0.2, -0.15) is 5.26 Å². The number of fused-ring (bicyclic) bond motifs is 1. The lowest BCUT2D eigenvalue weighted by Crippen LogP contribution is -2.15. The minimum Gasteiger partial charge on any atom is -0.486 e. The lowest BCUT2D eigenvalue weighted by molar-refractivity contribution is 0.171. The Morgan fingerprint density at radius 2 is 1.76 bits per heavy atom. The van der Waals surface area contributed by atoms with Crippen molar-refractivity contribution in [3.63, 3.8) is 0 Å². The quantitative estimate of drug-likeness (QED) is 0.920. The van der Waals surface area contributed by atoms with E-state index in [0.717, 1.165) is 0 Å². The maximum atomic E-state index is 13.8. The van der Waals surface area contributed by atoms with Crippen LogP contribution in [0.1, 0.15) is 5.56 Å². The third-order valence-corrected chi connectivity index (χ3v) is 3.02. The number of nitriles is 1. The molecule has 1 aliphatic rings. The number of ether oxygens (including phenoxy) is 2. The molecule has 4 nitrogen and oxygen atoms in total. The number of hydrogen-bond acceptors (Lipinski definition) is 4. The number of anilines is 2. The maximum Gasteiger partial charge on any atom is 0.183 e.